The van der Waals surface area contributed by atoms with Crippen LogP contribution in [0, 0.1) is 5.41 Å². The van der Waals surface area contributed by atoms with E-state index in [4.69, 9.17) is 9.47 Å². The van der Waals surface area contributed by atoms with E-state index >= 15 is 0 Å². The van der Waals surface area contributed by atoms with Crippen LogP contribution in [-0.2, 0) is 9.53 Å². The third-order valence-electron chi connectivity index (χ3n) is 6.25. The molecule has 3 atom stereocenters. The molecule has 6 heteroatoms. The van der Waals surface area contributed by atoms with Crippen molar-refractivity contribution < 1.29 is 19.4 Å². The van der Waals surface area contributed by atoms with Gasteiger partial charge >= 0.3 is 5.97 Å². The summed E-state index contributed by atoms with van der Waals surface area (Å²) in [5.74, 6) is 0.659. The van der Waals surface area contributed by atoms with Gasteiger partial charge in [-0.2, -0.15) is 0 Å². The van der Waals surface area contributed by atoms with E-state index in [-0.39, 0.29) is 24.0 Å². The first-order valence-electron chi connectivity index (χ1n) is 9.83. The number of hydrogen-bond acceptors (Lipinski definition) is 5. The molecule has 0 radical (unpaired) electrons. The number of aliphatic hydroxyl groups excluding tert-OH is 1. The number of piperidine rings is 1. The van der Waals surface area contributed by atoms with Crippen LogP contribution in [0.3, 0.4) is 0 Å². The van der Waals surface area contributed by atoms with Gasteiger partial charge < -0.3 is 19.6 Å². The molecule has 1 aromatic heterocycles. The highest BCUT2D eigenvalue weighted by atomic mass is 16.5. The summed E-state index contributed by atoms with van der Waals surface area (Å²) in [4.78, 5) is 17.9. The predicted octanol–water partition coefficient (Wildman–Crippen LogP) is 2.72. The smallest absolute Gasteiger partial charge is 0.313 e. The van der Waals surface area contributed by atoms with Crippen molar-refractivity contribution in [2.45, 2.75) is 44.2 Å². The van der Waals surface area contributed by atoms with E-state index in [1.165, 1.54) is 7.11 Å². The molecule has 2 aliphatic rings. The first kappa shape index (κ1) is 18.3. The number of nitrogens with one attached hydrogen (secondary N) is 1. The molecule has 0 spiro atoms. The van der Waals surface area contributed by atoms with Crippen LogP contribution < -0.4 is 4.74 Å². The van der Waals surface area contributed by atoms with Gasteiger partial charge in [-0.3, -0.25) is 9.69 Å². The molecule has 2 aromatic rings. The van der Waals surface area contributed by atoms with Crippen molar-refractivity contribution in [2.75, 3.05) is 26.8 Å². The number of aromatic amines is 1. The van der Waals surface area contributed by atoms with Crippen molar-refractivity contribution in [2.24, 2.45) is 5.41 Å². The summed E-state index contributed by atoms with van der Waals surface area (Å²) >= 11 is 0. The molecule has 4 rings (SSSR count). The largest absolute Gasteiger partial charge is 0.491 e. The van der Waals surface area contributed by atoms with Gasteiger partial charge in [0.25, 0.3) is 0 Å². The number of carbonyl (C=O) groups excluding carboxylic acids is 1. The molecule has 0 amide bonds. The number of hydrogen-bond donors (Lipinski definition) is 2. The minimum atomic E-state index is -0.599. The lowest BCUT2D eigenvalue weighted by Crippen LogP contribution is -2.55. The molecule has 1 saturated heterocycles. The lowest BCUT2D eigenvalue weighted by atomic mass is 9.75. The highest BCUT2D eigenvalue weighted by Crippen LogP contribution is 2.48. The van der Waals surface area contributed by atoms with E-state index in [1.54, 1.807) is 0 Å². The fourth-order valence-corrected chi connectivity index (χ4v) is 5.03. The Balaban J connectivity index is 1.37. The lowest BCUT2D eigenvalue weighted by molar-refractivity contribution is -0.160. The number of methoxy groups -OCH3 is 1. The van der Waals surface area contributed by atoms with Crippen molar-refractivity contribution in [3.63, 3.8) is 0 Å². The Labute approximate surface area is 159 Å². The number of rotatable bonds is 6. The molecule has 2 N–H and O–H groups in total. The highest BCUT2D eigenvalue weighted by Gasteiger charge is 2.53. The maximum Gasteiger partial charge on any atom is 0.313 e. The summed E-state index contributed by atoms with van der Waals surface area (Å²) in [5.41, 5.74) is 0.638. The lowest BCUT2D eigenvalue weighted by Gasteiger charge is -2.45. The maximum absolute atomic E-state index is 12.5. The van der Waals surface area contributed by atoms with E-state index in [0.29, 0.717) is 6.54 Å². The van der Waals surface area contributed by atoms with Crippen LogP contribution in [0.2, 0.25) is 0 Å². The van der Waals surface area contributed by atoms with Crippen molar-refractivity contribution in [3.05, 3.63) is 30.5 Å². The number of H-pyrrole nitrogens is 1. The van der Waals surface area contributed by atoms with E-state index in [2.05, 4.69) is 9.88 Å². The van der Waals surface area contributed by atoms with Gasteiger partial charge in [-0.15, -0.1) is 0 Å². The second-order valence-corrected chi connectivity index (χ2v) is 7.85. The topological polar surface area (TPSA) is 74.8 Å². The first-order valence-corrected chi connectivity index (χ1v) is 9.83. The molecule has 0 bridgehead atoms. The van der Waals surface area contributed by atoms with Crippen LogP contribution in [-0.4, -0.2) is 59.9 Å². The predicted molar refractivity (Wildman–Crippen MR) is 103 cm³/mol. The van der Waals surface area contributed by atoms with E-state index in [9.17, 15) is 9.90 Å². The van der Waals surface area contributed by atoms with Crippen molar-refractivity contribution >= 4 is 16.9 Å². The Morgan fingerprint density at radius 1 is 1.37 bits per heavy atom. The molecular formula is C21H28N2O4. The fourth-order valence-electron chi connectivity index (χ4n) is 5.03. The third-order valence-corrected chi connectivity index (χ3v) is 6.25. The van der Waals surface area contributed by atoms with Gasteiger partial charge in [0.1, 0.15) is 18.5 Å². The fraction of sp³-hybridized carbons (Fsp3) is 0.571. The molecule has 6 nitrogen and oxygen atoms in total. The van der Waals surface area contributed by atoms with Crippen LogP contribution in [0.25, 0.3) is 10.9 Å². The van der Waals surface area contributed by atoms with Crippen molar-refractivity contribution in [3.8, 4) is 5.75 Å². The molecule has 2 heterocycles. The summed E-state index contributed by atoms with van der Waals surface area (Å²) in [6.45, 7) is 1.67. The van der Waals surface area contributed by atoms with Gasteiger partial charge in [0, 0.05) is 30.4 Å². The summed E-state index contributed by atoms with van der Waals surface area (Å²) < 4.78 is 10.9. The Morgan fingerprint density at radius 3 is 3.07 bits per heavy atom. The molecule has 2 fully saturated rings. The molecular weight excluding hydrogens is 344 g/mol. The summed E-state index contributed by atoms with van der Waals surface area (Å²) in [6.07, 6.45) is 6.08. The Kier molecular flexibility index (Phi) is 5.10. The maximum atomic E-state index is 12.5. The number of esters is 1. The molecule has 1 unspecified atom stereocenters. The van der Waals surface area contributed by atoms with Gasteiger partial charge in [0.05, 0.1) is 12.5 Å². The second kappa shape index (κ2) is 7.52. The van der Waals surface area contributed by atoms with Gasteiger partial charge in [-0.1, -0.05) is 6.42 Å². The van der Waals surface area contributed by atoms with Crippen LogP contribution >= 0.6 is 0 Å². The first-order chi connectivity index (χ1) is 13.1. The monoisotopic (exact) mass is 372 g/mol. The van der Waals surface area contributed by atoms with E-state index < -0.39 is 6.10 Å². The summed E-state index contributed by atoms with van der Waals surface area (Å²) in [7, 11) is 1.48. The molecule has 1 aliphatic heterocycles. The summed E-state index contributed by atoms with van der Waals surface area (Å²) in [5, 5.41) is 11.7. The van der Waals surface area contributed by atoms with Gasteiger partial charge in [0.2, 0.25) is 0 Å². The van der Waals surface area contributed by atoms with Crippen LogP contribution in [0.1, 0.15) is 32.1 Å². The van der Waals surface area contributed by atoms with Crippen molar-refractivity contribution in [1.29, 1.82) is 0 Å². The Bertz CT molecular complexity index is 804. The average molecular weight is 372 g/mol. The number of fused-ring (bicyclic) bond motifs is 2. The second-order valence-electron chi connectivity index (χ2n) is 7.85. The average Bonchev–Trinajstić information content (AvgIpc) is 3.33. The molecule has 1 aliphatic carbocycles. The van der Waals surface area contributed by atoms with Gasteiger partial charge in [0.15, 0.2) is 0 Å². The molecule has 27 heavy (non-hydrogen) atoms. The molecule has 146 valence electrons. The zero-order valence-electron chi connectivity index (χ0n) is 15.8. The Morgan fingerprint density at radius 2 is 2.22 bits per heavy atom. The van der Waals surface area contributed by atoms with E-state index in [1.807, 2.05) is 30.5 Å². The van der Waals surface area contributed by atoms with Crippen LogP contribution in [0.5, 0.6) is 5.75 Å². The number of aliphatic hydroxyl groups is 1. The number of β-amino-alcohol motifs (C(OH)–C–C–N with tert-alkyl or cyclic N) is 1. The minimum Gasteiger partial charge on any atom is -0.491 e. The molecule has 1 aromatic carbocycles. The Hall–Kier alpha value is -2.05. The highest BCUT2D eigenvalue weighted by molar-refractivity contribution is 5.80. The van der Waals surface area contributed by atoms with Crippen molar-refractivity contribution in [1.82, 2.24) is 9.88 Å². The number of ether oxygens (including phenoxy) is 2. The number of benzene rings is 1. The van der Waals surface area contributed by atoms with Crippen LogP contribution in [0.15, 0.2) is 30.5 Å². The number of nitrogens with zero attached hydrogens (tertiary/aromatic N) is 1. The quantitative estimate of drug-likeness (QED) is 0.763. The zero-order chi connectivity index (χ0) is 18.9. The SMILES string of the molecule is COC(=O)[C@]12CCC[C@H]1N(CC(O)COc1ccc3cc[nH]c3c1)CCC2. The normalized spacial score (nSPS) is 26.7. The van der Waals surface area contributed by atoms with E-state index in [0.717, 1.165) is 55.3 Å². The standard InChI is InChI=1S/C21H28N2O4/c1-26-20(25)21-8-2-4-19(21)23(11-3-9-21)13-16(24)14-27-17-6-5-15-7-10-22-18(15)12-17/h5-7,10,12,16,19,22,24H,2-4,8-9,11,13-14H2,1H3/t16?,19-,21+/m1/s1. The van der Waals surface area contributed by atoms with Crippen LogP contribution in [0.4, 0.5) is 0 Å². The number of carbonyl (C=O) groups is 1. The number of likely N-dealkylation sites (tertiary alicyclic amines) is 1. The number of aromatic nitrogens is 1. The summed E-state index contributed by atoms with van der Waals surface area (Å²) in [6, 6.07) is 8.05. The zero-order valence-corrected chi connectivity index (χ0v) is 15.8. The molecule has 1 saturated carbocycles. The van der Waals surface area contributed by atoms with Gasteiger partial charge in [-0.25, -0.2) is 0 Å². The third kappa shape index (κ3) is 3.44. The minimum absolute atomic E-state index is 0.0836. The van der Waals surface area contributed by atoms with Gasteiger partial charge in [-0.05, 0) is 55.8 Å².